The van der Waals surface area contributed by atoms with E-state index in [2.05, 4.69) is 15.2 Å². The SMILES string of the molecule is COC(=O)c1ccc(OCc2ccc(C(=O)Nc3nn(Cc4ccc(F)cc4)cc3Cl)o2)cc1. The summed E-state index contributed by atoms with van der Waals surface area (Å²) in [5.41, 5.74) is 1.24. The summed E-state index contributed by atoms with van der Waals surface area (Å²) >= 11 is 6.19. The molecule has 0 saturated heterocycles. The van der Waals surface area contributed by atoms with Crippen molar-refractivity contribution in [2.45, 2.75) is 13.2 Å². The number of aromatic nitrogens is 2. The van der Waals surface area contributed by atoms with Gasteiger partial charge in [-0.1, -0.05) is 23.7 Å². The van der Waals surface area contributed by atoms with Crippen LogP contribution in [-0.2, 0) is 17.9 Å². The van der Waals surface area contributed by atoms with Crippen LogP contribution in [0, 0.1) is 5.82 Å². The third-order valence-corrected chi connectivity index (χ3v) is 5.03. The van der Waals surface area contributed by atoms with Crippen LogP contribution >= 0.6 is 11.6 Å². The Morgan fingerprint density at radius 1 is 1.09 bits per heavy atom. The standard InChI is InChI=1S/C24H19ClFN3O5/c1-32-24(31)16-4-8-18(9-5-16)33-14-19-10-11-21(34-19)23(30)27-22-20(25)13-29(28-22)12-15-2-6-17(26)7-3-15/h2-11,13H,12,14H2,1H3,(H,27,28,30). The molecule has 2 aromatic heterocycles. The molecular weight excluding hydrogens is 465 g/mol. The molecule has 4 aromatic rings. The lowest BCUT2D eigenvalue weighted by Crippen LogP contribution is -2.12. The van der Waals surface area contributed by atoms with Crippen molar-refractivity contribution in [2.75, 3.05) is 12.4 Å². The average Bonchev–Trinajstić information content (AvgIpc) is 3.45. The van der Waals surface area contributed by atoms with E-state index < -0.39 is 11.9 Å². The third-order valence-electron chi connectivity index (χ3n) is 4.75. The lowest BCUT2D eigenvalue weighted by molar-refractivity contribution is 0.0600. The Bertz CT molecular complexity index is 1300. The van der Waals surface area contributed by atoms with Crippen molar-refractivity contribution in [1.29, 1.82) is 0 Å². The molecule has 1 N–H and O–H groups in total. The molecular formula is C24H19ClFN3O5. The molecule has 34 heavy (non-hydrogen) atoms. The monoisotopic (exact) mass is 483 g/mol. The molecule has 1 amide bonds. The van der Waals surface area contributed by atoms with Gasteiger partial charge in [0.25, 0.3) is 5.91 Å². The molecule has 10 heteroatoms. The van der Waals surface area contributed by atoms with Crippen molar-refractivity contribution >= 4 is 29.3 Å². The number of hydrogen-bond donors (Lipinski definition) is 1. The Morgan fingerprint density at radius 2 is 1.82 bits per heavy atom. The highest BCUT2D eigenvalue weighted by atomic mass is 35.5. The second-order valence-electron chi connectivity index (χ2n) is 7.17. The van der Waals surface area contributed by atoms with Crippen LogP contribution in [0.15, 0.2) is 71.3 Å². The van der Waals surface area contributed by atoms with Gasteiger partial charge in [-0.2, -0.15) is 5.10 Å². The fourth-order valence-electron chi connectivity index (χ4n) is 3.05. The number of rotatable bonds is 8. The molecule has 0 fully saturated rings. The van der Waals surface area contributed by atoms with Gasteiger partial charge < -0.3 is 19.2 Å². The number of hydrogen-bond acceptors (Lipinski definition) is 6. The number of carbonyl (C=O) groups is 2. The zero-order valence-electron chi connectivity index (χ0n) is 18.0. The summed E-state index contributed by atoms with van der Waals surface area (Å²) in [6.45, 7) is 0.441. The van der Waals surface area contributed by atoms with Gasteiger partial charge in [0, 0.05) is 6.20 Å². The summed E-state index contributed by atoms with van der Waals surface area (Å²) in [6.07, 6.45) is 1.56. The minimum atomic E-state index is -0.525. The van der Waals surface area contributed by atoms with E-state index in [0.29, 0.717) is 23.6 Å². The molecule has 0 radical (unpaired) electrons. The van der Waals surface area contributed by atoms with Gasteiger partial charge in [-0.05, 0) is 54.1 Å². The molecule has 0 aliphatic carbocycles. The molecule has 0 atom stereocenters. The minimum absolute atomic E-state index is 0.0591. The number of nitrogens with zero attached hydrogens (tertiary/aromatic N) is 2. The number of benzene rings is 2. The summed E-state index contributed by atoms with van der Waals surface area (Å²) in [6, 6.07) is 15.6. The Hall–Kier alpha value is -4.11. The first-order valence-electron chi connectivity index (χ1n) is 10.1. The molecule has 2 aromatic carbocycles. The van der Waals surface area contributed by atoms with Crippen LogP contribution in [0.25, 0.3) is 0 Å². The first kappa shape index (κ1) is 23.1. The van der Waals surface area contributed by atoms with Gasteiger partial charge in [-0.3, -0.25) is 9.48 Å². The first-order valence-corrected chi connectivity index (χ1v) is 10.5. The second kappa shape index (κ2) is 10.2. The third kappa shape index (κ3) is 5.62. The molecule has 8 nitrogen and oxygen atoms in total. The molecule has 0 bridgehead atoms. The molecule has 2 heterocycles. The van der Waals surface area contributed by atoms with Gasteiger partial charge in [-0.25, -0.2) is 9.18 Å². The predicted octanol–water partition coefficient (Wildman–Crippen LogP) is 4.93. The van der Waals surface area contributed by atoms with Gasteiger partial charge in [0.1, 0.15) is 29.0 Å². The highest BCUT2D eigenvalue weighted by Gasteiger charge is 2.16. The average molecular weight is 484 g/mol. The van der Waals surface area contributed by atoms with Crippen LogP contribution in [0.5, 0.6) is 5.75 Å². The number of esters is 1. The normalized spacial score (nSPS) is 10.7. The van der Waals surface area contributed by atoms with Crippen LogP contribution < -0.4 is 10.1 Å². The molecule has 174 valence electrons. The zero-order valence-corrected chi connectivity index (χ0v) is 18.7. The van der Waals surface area contributed by atoms with Gasteiger partial charge in [-0.15, -0.1) is 0 Å². The number of ether oxygens (including phenoxy) is 2. The summed E-state index contributed by atoms with van der Waals surface area (Å²) in [4.78, 5) is 24.0. The quantitative estimate of drug-likeness (QED) is 0.357. The molecule has 0 saturated carbocycles. The smallest absolute Gasteiger partial charge is 0.337 e. The highest BCUT2D eigenvalue weighted by molar-refractivity contribution is 6.33. The van der Waals surface area contributed by atoms with Crippen molar-refractivity contribution < 1.29 is 27.9 Å². The molecule has 0 aliphatic rings. The van der Waals surface area contributed by atoms with E-state index in [1.54, 1.807) is 48.7 Å². The second-order valence-corrected chi connectivity index (χ2v) is 7.58. The van der Waals surface area contributed by atoms with Crippen molar-refractivity contribution in [3.63, 3.8) is 0 Å². The van der Waals surface area contributed by atoms with E-state index in [9.17, 15) is 14.0 Å². The van der Waals surface area contributed by atoms with Crippen molar-refractivity contribution in [3.05, 3.63) is 100 Å². The fourth-order valence-corrected chi connectivity index (χ4v) is 3.24. The number of carbonyl (C=O) groups excluding carboxylic acids is 2. The summed E-state index contributed by atoms with van der Waals surface area (Å²) < 4.78 is 30.4. The predicted molar refractivity (Wildman–Crippen MR) is 122 cm³/mol. The maximum absolute atomic E-state index is 13.1. The van der Waals surface area contributed by atoms with E-state index in [-0.39, 0.29) is 29.0 Å². The van der Waals surface area contributed by atoms with E-state index in [4.69, 9.17) is 20.8 Å². The number of halogens is 2. The van der Waals surface area contributed by atoms with E-state index in [1.165, 1.54) is 30.0 Å². The Kier molecular flexibility index (Phi) is 6.93. The Labute approximate surface area is 198 Å². The largest absolute Gasteiger partial charge is 0.486 e. The lowest BCUT2D eigenvalue weighted by Gasteiger charge is -2.05. The maximum Gasteiger partial charge on any atom is 0.337 e. The number of nitrogens with one attached hydrogen (secondary N) is 1. The number of amides is 1. The molecule has 4 rings (SSSR count). The molecule has 0 spiro atoms. The van der Waals surface area contributed by atoms with Gasteiger partial charge in [0.05, 0.1) is 19.2 Å². The Balaban J connectivity index is 1.34. The highest BCUT2D eigenvalue weighted by Crippen LogP contribution is 2.22. The van der Waals surface area contributed by atoms with E-state index in [1.807, 2.05) is 0 Å². The van der Waals surface area contributed by atoms with E-state index in [0.717, 1.165) is 5.56 Å². The van der Waals surface area contributed by atoms with Crippen LogP contribution in [-0.4, -0.2) is 28.8 Å². The molecule has 0 unspecified atom stereocenters. The first-order chi connectivity index (χ1) is 16.4. The lowest BCUT2D eigenvalue weighted by atomic mass is 10.2. The van der Waals surface area contributed by atoms with Crippen molar-refractivity contribution in [3.8, 4) is 5.75 Å². The van der Waals surface area contributed by atoms with Crippen molar-refractivity contribution in [1.82, 2.24) is 9.78 Å². The van der Waals surface area contributed by atoms with Gasteiger partial charge >= 0.3 is 5.97 Å². The number of furan rings is 1. The van der Waals surface area contributed by atoms with Crippen LogP contribution in [0.2, 0.25) is 5.02 Å². The van der Waals surface area contributed by atoms with Crippen LogP contribution in [0.1, 0.15) is 32.2 Å². The summed E-state index contributed by atoms with van der Waals surface area (Å²) in [5, 5.41) is 7.12. The van der Waals surface area contributed by atoms with Crippen LogP contribution in [0.4, 0.5) is 10.2 Å². The minimum Gasteiger partial charge on any atom is -0.486 e. The summed E-state index contributed by atoms with van der Waals surface area (Å²) in [7, 11) is 1.31. The fraction of sp³-hybridized carbons (Fsp3) is 0.125. The van der Waals surface area contributed by atoms with Crippen LogP contribution in [0.3, 0.4) is 0 Å². The zero-order chi connectivity index (χ0) is 24.1. The topological polar surface area (TPSA) is 95.6 Å². The molecule has 0 aliphatic heterocycles. The van der Waals surface area contributed by atoms with E-state index >= 15 is 0 Å². The maximum atomic E-state index is 13.1. The van der Waals surface area contributed by atoms with Gasteiger partial charge in [0.15, 0.2) is 11.6 Å². The van der Waals surface area contributed by atoms with Gasteiger partial charge in [0.2, 0.25) is 0 Å². The number of methoxy groups -OCH3 is 1. The Morgan fingerprint density at radius 3 is 2.53 bits per heavy atom. The number of anilines is 1. The summed E-state index contributed by atoms with van der Waals surface area (Å²) in [5.74, 6) is -0.104. The van der Waals surface area contributed by atoms with Crippen molar-refractivity contribution in [2.24, 2.45) is 0 Å².